The highest BCUT2D eigenvalue weighted by atomic mass is 19.4. The summed E-state index contributed by atoms with van der Waals surface area (Å²) < 4.78 is 40.6. The van der Waals surface area contributed by atoms with Crippen LogP contribution in [0.15, 0.2) is 24.3 Å². The zero-order valence-corrected chi connectivity index (χ0v) is 10.4. The normalized spacial score (nSPS) is 11.0. The molecule has 0 spiro atoms. The fourth-order valence-electron chi connectivity index (χ4n) is 1.30. The lowest BCUT2D eigenvalue weighted by molar-refractivity contribution is -0.189. The number of hydrogen-bond acceptors (Lipinski definition) is 4. The third kappa shape index (κ3) is 4.54. The fourth-order valence-corrected chi connectivity index (χ4v) is 1.30. The van der Waals surface area contributed by atoms with Gasteiger partial charge in [0.05, 0.1) is 5.56 Å². The van der Waals surface area contributed by atoms with E-state index in [4.69, 9.17) is 5.73 Å². The number of carbonyl (C=O) groups excluding carboxylic acids is 2. The molecule has 110 valence electrons. The molecule has 0 fully saturated rings. The molecule has 1 aromatic carbocycles. The van der Waals surface area contributed by atoms with Crippen LogP contribution in [0, 0.1) is 0 Å². The molecule has 3 N–H and O–H groups in total. The minimum absolute atomic E-state index is 0.151. The van der Waals surface area contributed by atoms with Crippen LogP contribution in [0.2, 0.25) is 0 Å². The van der Waals surface area contributed by atoms with Crippen LogP contribution < -0.4 is 15.8 Å². The molecule has 8 heteroatoms. The maximum atomic E-state index is 12.1. The molecule has 1 rings (SSSR count). The summed E-state index contributed by atoms with van der Waals surface area (Å²) in [7, 11) is 0. The third-order valence-corrected chi connectivity index (χ3v) is 2.23. The zero-order valence-electron chi connectivity index (χ0n) is 10.4. The zero-order chi connectivity index (χ0) is 15.2. The van der Waals surface area contributed by atoms with Gasteiger partial charge in [-0.1, -0.05) is 12.1 Å². The Morgan fingerprint density at radius 1 is 1.25 bits per heavy atom. The van der Waals surface area contributed by atoms with E-state index in [1.807, 2.05) is 0 Å². The number of ether oxygens (including phenoxy) is 1. The van der Waals surface area contributed by atoms with Gasteiger partial charge in [0.1, 0.15) is 5.75 Å². The largest absolute Gasteiger partial charge is 0.491 e. The summed E-state index contributed by atoms with van der Waals surface area (Å²) in [4.78, 5) is 22.5. The van der Waals surface area contributed by atoms with Crippen molar-refractivity contribution < 1.29 is 27.5 Å². The van der Waals surface area contributed by atoms with Crippen LogP contribution in [0.25, 0.3) is 0 Å². The van der Waals surface area contributed by atoms with Gasteiger partial charge in [0, 0.05) is 6.54 Å². The lowest BCUT2D eigenvalue weighted by atomic mass is 10.2. The summed E-state index contributed by atoms with van der Waals surface area (Å²) in [6.45, 7) is 0.641. The summed E-state index contributed by atoms with van der Waals surface area (Å²) in [6.07, 6.45) is -4.60. The highest BCUT2D eigenvalue weighted by Crippen LogP contribution is 2.23. The number of para-hydroxylation sites is 1. The lowest BCUT2D eigenvalue weighted by Gasteiger charge is -2.11. The molecule has 0 aromatic heterocycles. The molecule has 20 heavy (non-hydrogen) atoms. The topological polar surface area (TPSA) is 81.4 Å². The minimum Gasteiger partial charge on any atom is -0.419 e. The smallest absolute Gasteiger partial charge is 0.419 e. The highest BCUT2D eigenvalue weighted by Gasteiger charge is 2.41. The molecule has 0 aliphatic heterocycles. The van der Waals surface area contributed by atoms with Gasteiger partial charge in [0.15, 0.2) is 0 Å². The SMILES string of the molecule is NCCCNC(=O)c1ccccc1OC(=O)C(F)(F)F. The lowest BCUT2D eigenvalue weighted by Crippen LogP contribution is -2.30. The maximum Gasteiger partial charge on any atom is 0.491 e. The van der Waals surface area contributed by atoms with E-state index >= 15 is 0 Å². The number of esters is 1. The fraction of sp³-hybridized carbons (Fsp3) is 0.333. The number of rotatable bonds is 5. The van der Waals surface area contributed by atoms with E-state index in [-0.39, 0.29) is 12.1 Å². The number of nitrogens with one attached hydrogen (secondary N) is 1. The maximum absolute atomic E-state index is 12.1. The quantitative estimate of drug-likeness (QED) is 0.485. The predicted molar refractivity (Wildman–Crippen MR) is 64.1 cm³/mol. The molecule has 0 atom stereocenters. The summed E-state index contributed by atoms with van der Waals surface area (Å²) in [5.41, 5.74) is 5.10. The van der Waals surface area contributed by atoms with Crippen LogP contribution in [-0.4, -0.2) is 31.1 Å². The van der Waals surface area contributed by atoms with E-state index in [0.29, 0.717) is 13.0 Å². The van der Waals surface area contributed by atoms with Gasteiger partial charge in [0.25, 0.3) is 5.91 Å². The van der Waals surface area contributed by atoms with Gasteiger partial charge in [-0.15, -0.1) is 0 Å². The first-order valence-electron chi connectivity index (χ1n) is 5.72. The molecule has 0 radical (unpaired) electrons. The van der Waals surface area contributed by atoms with Crippen LogP contribution in [-0.2, 0) is 4.79 Å². The molecule has 0 heterocycles. The molecular weight excluding hydrogens is 277 g/mol. The predicted octanol–water partition coefficient (Wildman–Crippen LogP) is 1.23. The number of halogens is 3. The van der Waals surface area contributed by atoms with Crippen LogP contribution in [0.1, 0.15) is 16.8 Å². The summed E-state index contributed by atoms with van der Waals surface area (Å²) >= 11 is 0. The molecule has 0 saturated heterocycles. The van der Waals surface area contributed by atoms with Crippen LogP contribution in [0.3, 0.4) is 0 Å². The number of hydrogen-bond donors (Lipinski definition) is 2. The van der Waals surface area contributed by atoms with Crippen molar-refractivity contribution in [2.45, 2.75) is 12.6 Å². The molecule has 1 aromatic rings. The molecule has 0 unspecified atom stereocenters. The van der Waals surface area contributed by atoms with Crippen molar-refractivity contribution in [2.24, 2.45) is 5.73 Å². The van der Waals surface area contributed by atoms with Crippen molar-refractivity contribution in [3.63, 3.8) is 0 Å². The van der Waals surface area contributed by atoms with Crippen LogP contribution in [0.5, 0.6) is 5.75 Å². The van der Waals surface area contributed by atoms with Gasteiger partial charge in [-0.3, -0.25) is 4.79 Å². The summed E-state index contributed by atoms with van der Waals surface area (Å²) in [6, 6.07) is 5.18. The number of amides is 1. The monoisotopic (exact) mass is 290 g/mol. The first kappa shape index (κ1) is 16.0. The number of carbonyl (C=O) groups is 2. The minimum atomic E-state index is -5.12. The second kappa shape index (κ2) is 6.90. The van der Waals surface area contributed by atoms with Gasteiger partial charge in [-0.05, 0) is 25.1 Å². The Balaban J connectivity index is 2.83. The molecule has 0 aliphatic rings. The van der Waals surface area contributed by atoms with Gasteiger partial charge in [0.2, 0.25) is 0 Å². The van der Waals surface area contributed by atoms with Gasteiger partial charge < -0.3 is 15.8 Å². The van der Waals surface area contributed by atoms with Crippen molar-refractivity contribution in [1.82, 2.24) is 5.32 Å². The van der Waals surface area contributed by atoms with E-state index < -0.39 is 23.8 Å². The molecule has 0 saturated carbocycles. The Kier molecular flexibility index (Phi) is 5.51. The molecule has 0 aliphatic carbocycles. The average Bonchev–Trinajstić information content (AvgIpc) is 2.38. The van der Waals surface area contributed by atoms with Gasteiger partial charge >= 0.3 is 12.1 Å². The molecular formula is C12H13F3N2O3. The van der Waals surface area contributed by atoms with E-state index in [1.165, 1.54) is 18.2 Å². The van der Waals surface area contributed by atoms with Crippen molar-refractivity contribution in [2.75, 3.05) is 13.1 Å². The number of benzene rings is 1. The van der Waals surface area contributed by atoms with E-state index in [9.17, 15) is 22.8 Å². The van der Waals surface area contributed by atoms with Crippen molar-refractivity contribution in [1.29, 1.82) is 0 Å². The Morgan fingerprint density at radius 2 is 1.90 bits per heavy atom. The second-order valence-corrected chi connectivity index (χ2v) is 3.78. The Labute approximate surface area is 112 Å². The summed E-state index contributed by atoms with van der Waals surface area (Å²) in [5.74, 6) is -3.45. The van der Waals surface area contributed by atoms with Crippen LogP contribution >= 0.6 is 0 Å². The van der Waals surface area contributed by atoms with E-state index in [1.54, 1.807) is 0 Å². The number of nitrogens with two attached hydrogens (primary N) is 1. The number of alkyl halides is 3. The average molecular weight is 290 g/mol. The van der Waals surface area contributed by atoms with Crippen molar-refractivity contribution in [3.05, 3.63) is 29.8 Å². The first-order valence-corrected chi connectivity index (χ1v) is 5.72. The second-order valence-electron chi connectivity index (χ2n) is 3.78. The van der Waals surface area contributed by atoms with Gasteiger partial charge in [-0.25, -0.2) is 4.79 Å². The first-order chi connectivity index (χ1) is 9.36. The van der Waals surface area contributed by atoms with Crippen molar-refractivity contribution >= 4 is 11.9 Å². The third-order valence-electron chi connectivity index (χ3n) is 2.23. The molecule has 1 amide bonds. The molecule has 5 nitrogen and oxygen atoms in total. The Morgan fingerprint density at radius 3 is 2.50 bits per heavy atom. The van der Waals surface area contributed by atoms with Crippen LogP contribution in [0.4, 0.5) is 13.2 Å². The Bertz CT molecular complexity index is 489. The van der Waals surface area contributed by atoms with E-state index in [2.05, 4.69) is 10.1 Å². The van der Waals surface area contributed by atoms with E-state index in [0.717, 1.165) is 6.07 Å². The standard InChI is InChI=1S/C12H13F3N2O3/c13-12(14,15)11(19)20-9-5-2-1-4-8(9)10(18)17-7-3-6-16/h1-2,4-5H,3,6-7,16H2,(H,17,18). The van der Waals surface area contributed by atoms with Crippen molar-refractivity contribution in [3.8, 4) is 5.75 Å². The highest BCUT2D eigenvalue weighted by molar-refractivity contribution is 5.97. The summed E-state index contributed by atoms with van der Waals surface area (Å²) in [5, 5.41) is 2.46. The molecule has 0 bridgehead atoms. The Hall–Kier alpha value is -2.09. The van der Waals surface area contributed by atoms with Gasteiger partial charge in [-0.2, -0.15) is 13.2 Å².